The number of aromatic nitrogens is 1. The fourth-order valence-electron chi connectivity index (χ4n) is 1.76. The van der Waals surface area contributed by atoms with Crippen LogP contribution < -0.4 is 5.32 Å². The predicted octanol–water partition coefficient (Wildman–Crippen LogP) is 3.83. The van der Waals surface area contributed by atoms with Crippen LogP contribution >= 0.6 is 11.3 Å². The van der Waals surface area contributed by atoms with Gasteiger partial charge in [-0.15, -0.1) is 0 Å². The Balaban J connectivity index is 1.90. The van der Waals surface area contributed by atoms with Crippen LogP contribution in [0, 0.1) is 11.6 Å². The van der Waals surface area contributed by atoms with Gasteiger partial charge in [-0.25, -0.2) is 13.8 Å². The van der Waals surface area contributed by atoms with Crippen molar-refractivity contribution in [1.29, 1.82) is 0 Å². The maximum absolute atomic E-state index is 13.5. The lowest BCUT2D eigenvalue weighted by Gasteiger charge is -2.02. The maximum atomic E-state index is 13.5. The van der Waals surface area contributed by atoms with E-state index < -0.39 is 17.5 Å². The van der Waals surface area contributed by atoms with Crippen molar-refractivity contribution in [3.63, 3.8) is 0 Å². The van der Waals surface area contributed by atoms with Gasteiger partial charge in [0.05, 0.1) is 15.8 Å². The minimum Gasteiger partial charge on any atom is -0.298 e. The van der Waals surface area contributed by atoms with E-state index in [0.29, 0.717) is 5.13 Å². The first-order chi connectivity index (χ1) is 9.63. The topological polar surface area (TPSA) is 42.0 Å². The van der Waals surface area contributed by atoms with Crippen molar-refractivity contribution in [3.05, 3.63) is 59.7 Å². The summed E-state index contributed by atoms with van der Waals surface area (Å²) in [7, 11) is 0. The van der Waals surface area contributed by atoms with E-state index in [9.17, 15) is 13.6 Å². The van der Waals surface area contributed by atoms with Crippen molar-refractivity contribution in [3.8, 4) is 0 Å². The molecule has 0 unspecified atom stereocenters. The third-order valence-corrected chi connectivity index (χ3v) is 3.64. The largest absolute Gasteiger partial charge is 0.298 e. The van der Waals surface area contributed by atoms with Crippen LogP contribution in [0.1, 0.15) is 10.4 Å². The Hall–Kier alpha value is -2.34. The highest BCUT2D eigenvalue weighted by molar-refractivity contribution is 7.22. The third kappa shape index (κ3) is 2.37. The monoisotopic (exact) mass is 290 g/mol. The molecule has 2 aromatic carbocycles. The van der Waals surface area contributed by atoms with Gasteiger partial charge in [-0.2, -0.15) is 0 Å². The number of carbonyl (C=O) groups excluding carboxylic acids is 1. The summed E-state index contributed by atoms with van der Waals surface area (Å²) in [6.45, 7) is 0. The maximum Gasteiger partial charge on any atom is 0.260 e. The second-order valence-corrected chi connectivity index (χ2v) is 5.10. The summed E-state index contributed by atoms with van der Waals surface area (Å²) in [5.41, 5.74) is 0.400. The molecule has 0 bridgehead atoms. The first-order valence-corrected chi connectivity index (χ1v) is 6.57. The molecule has 0 aliphatic rings. The van der Waals surface area contributed by atoms with Gasteiger partial charge in [-0.1, -0.05) is 23.5 Å². The molecule has 0 aliphatic carbocycles. The highest BCUT2D eigenvalue weighted by atomic mass is 32.1. The van der Waals surface area contributed by atoms with Gasteiger partial charge in [-0.3, -0.25) is 10.1 Å². The van der Waals surface area contributed by atoms with Crippen molar-refractivity contribution in [2.75, 3.05) is 5.32 Å². The van der Waals surface area contributed by atoms with Gasteiger partial charge in [0.1, 0.15) is 11.6 Å². The van der Waals surface area contributed by atoms with Crippen molar-refractivity contribution >= 4 is 32.6 Å². The molecular formula is C14H8F2N2OS. The Morgan fingerprint density at radius 1 is 1.15 bits per heavy atom. The van der Waals surface area contributed by atoms with Crippen LogP contribution in [0.15, 0.2) is 42.5 Å². The summed E-state index contributed by atoms with van der Waals surface area (Å²) in [5.74, 6) is -2.16. The average Bonchev–Trinajstić information content (AvgIpc) is 2.83. The first kappa shape index (κ1) is 12.7. The third-order valence-electron chi connectivity index (χ3n) is 2.69. The van der Waals surface area contributed by atoms with Gasteiger partial charge in [0.25, 0.3) is 5.91 Å². The van der Waals surface area contributed by atoms with Crippen LogP contribution in [0.3, 0.4) is 0 Å². The molecule has 0 fully saturated rings. The Bertz CT molecular complexity index is 768. The number of nitrogens with one attached hydrogen (secondary N) is 1. The van der Waals surface area contributed by atoms with E-state index in [1.165, 1.54) is 11.3 Å². The van der Waals surface area contributed by atoms with E-state index >= 15 is 0 Å². The zero-order valence-corrected chi connectivity index (χ0v) is 10.9. The molecular weight excluding hydrogens is 282 g/mol. The van der Waals surface area contributed by atoms with E-state index in [1.54, 1.807) is 0 Å². The van der Waals surface area contributed by atoms with Gasteiger partial charge >= 0.3 is 0 Å². The van der Waals surface area contributed by atoms with Crippen LogP contribution in [0.2, 0.25) is 0 Å². The summed E-state index contributed by atoms with van der Waals surface area (Å²) < 4.78 is 27.4. The number of carbonyl (C=O) groups is 1. The Morgan fingerprint density at radius 3 is 2.75 bits per heavy atom. The molecule has 3 nitrogen and oxygen atoms in total. The van der Waals surface area contributed by atoms with Crippen LogP contribution in [-0.4, -0.2) is 10.9 Å². The zero-order valence-electron chi connectivity index (χ0n) is 10.1. The average molecular weight is 290 g/mol. The summed E-state index contributed by atoms with van der Waals surface area (Å²) in [5, 5.41) is 2.82. The lowest BCUT2D eigenvalue weighted by Crippen LogP contribution is -2.13. The zero-order chi connectivity index (χ0) is 14.1. The van der Waals surface area contributed by atoms with Crippen LogP contribution in [0.25, 0.3) is 10.2 Å². The Kier molecular flexibility index (Phi) is 3.15. The summed E-state index contributed by atoms with van der Waals surface area (Å²) in [6, 6.07) is 10.1. The first-order valence-electron chi connectivity index (χ1n) is 5.75. The van der Waals surface area contributed by atoms with E-state index in [4.69, 9.17) is 0 Å². The Labute approximate surface area is 116 Å². The van der Waals surface area contributed by atoms with Crippen LogP contribution in [0.5, 0.6) is 0 Å². The molecule has 3 rings (SSSR count). The van der Waals surface area contributed by atoms with Crippen LogP contribution in [-0.2, 0) is 0 Å². The molecule has 0 aliphatic heterocycles. The molecule has 0 saturated heterocycles. The number of hydrogen-bond acceptors (Lipinski definition) is 3. The highest BCUT2D eigenvalue weighted by Gasteiger charge is 2.14. The molecule has 3 aromatic rings. The molecule has 1 heterocycles. The van der Waals surface area contributed by atoms with E-state index in [2.05, 4.69) is 10.3 Å². The number of anilines is 1. The van der Waals surface area contributed by atoms with Crippen molar-refractivity contribution in [2.24, 2.45) is 0 Å². The lowest BCUT2D eigenvalue weighted by molar-refractivity contribution is 0.102. The van der Waals surface area contributed by atoms with Gasteiger partial charge in [-0.05, 0) is 30.3 Å². The molecule has 100 valence electrons. The number of fused-ring (bicyclic) bond motifs is 1. The number of hydrogen-bond donors (Lipinski definition) is 1. The van der Waals surface area contributed by atoms with Gasteiger partial charge in [0.15, 0.2) is 5.13 Å². The SMILES string of the molecule is O=C(Nc1nc2ccccc2s1)c1cc(F)ccc1F. The van der Waals surface area contributed by atoms with E-state index in [1.807, 2.05) is 24.3 Å². The van der Waals surface area contributed by atoms with E-state index in [0.717, 1.165) is 28.4 Å². The molecule has 1 aromatic heterocycles. The second-order valence-electron chi connectivity index (χ2n) is 4.07. The smallest absolute Gasteiger partial charge is 0.260 e. The fraction of sp³-hybridized carbons (Fsp3) is 0. The van der Waals surface area contributed by atoms with Gasteiger partial charge in [0, 0.05) is 0 Å². The fourth-order valence-corrected chi connectivity index (χ4v) is 2.62. The normalized spacial score (nSPS) is 10.7. The summed E-state index contributed by atoms with van der Waals surface area (Å²) >= 11 is 1.27. The number of amides is 1. The quantitative estimate of drug-likeness (QED) is 0.779. The molecule has 6 heteroatoms. The number of para-hydroxylation sites is 1. The van der Waals surface area contributed by atoms with Crippen molar-refractivity contribution in [2.45, 2.75) is 0 Å². The molecule has 20 heavy (non-hydrogen) atoms. The van der Waals surface area contributed by atoms with Crippen molar-refractivity contribution < 1.29 is 13.6 Å². The molecule has 1 amide bonds. The summed E-state index contributed by atoms with van der Waals surface area (Å²) in [4.78, 5) is 16.1. The van der Waals surface area contributed by atoms with Gasteiger partial charge in [0.2, 0.25) is 0 Å². The number of benzene rings is 2. The van der Waals surface area contributed by atoms with Crippen molar-refractivity contribution in [1.82, 2.24) is 4.98 Å². The molecule has 0 spiro atoms. The number of thiazole rings is 1. The van der Waals surface area contributed by atoms with Crippen LogP contribution in [0.4, 0.5) is 13.9 Å². The number of halogens is 2. The van der Waals surface area contributed by atoms with Gasteiger partial charge < -0.3 is 0 Å². The predicted molar refractivity (Wildman–Crippen MR) is 73.9 cm³/mol. The summed E-state index contributed by atoms with van der Waals surface area (Å²) in [6.07, 6.45) is 0. The number of nitrogens with zero attached hydrogens (tertiary/aromatic N) is 1. The molecule has 1 N–H and O–H groups in total. The Morgan fingerprint density at radius 2 is 1.95 bits per heavy atom. The number of rotatable bonds is 2. The second kappa shape index (κ2) is 4.97. The minimum absolute atomic E-state index is 0.343. The van der Waals surface area contributed by atoms with E-state index in [-0.39, 0.29) is 5.56 Å². The molecule has 0 radical (unpaired) electrons. The minimum atomic E-state index is -0.773. The lowest BCUT2D eigenvalue weighted by atomic mass is 10.2. The standard InChI is InChI=1S/C14H8F2N2OS/c15-8-5-6-10(16)9(7-8)13(19)18-14-17-11-3-1-2-4-12(11)20-14/h1-7H,(H,17,18,19). The molecule has 0 atom stereocenters. The highest BCUT2D eigenvalue weighted by Crippen LogP contribution is 2.26. The molecule has 0 saturated carbocycles.